The molecule has 2 atom stereocenters. The van der Waals surface area contributed by atoms with E-state index in [9.17, 15) is 14.3 Å². The minimum atomic E-state index is -0.729. The van der Waals surface area contributed by atoms with Crippen molar-refractivity contribution >= 4 is 11.6 Å². The number of amides is 1. The van der Waals surface area contributed by atoms with E-state index in [-0.39, 0.29) is 17.8 Å². The highest BCUT2D eigenvalue weighted by Crippen LogP contribution is 2.40. The van der Waals surface area contributed by atoms with E-state index in [4.69, 9.17) is 4.74 Å². The SMILES string of the molecule is Cc1c(C(=O)Nc2ccccc2)c(-c2ccccc2)c(-c2ccc(F)cc2)n1CCC1CCCC(O)O1. The summed E-state index contributed by atoms with van der Waals surface area (Å²) in [7, 11) is 0. The van der Waals surface area contributed by atoms with Gasteiger partial charge in [-0.2, -0.15) is 0 Å². The number of rotatable bonds is 7. The molecule has 4 aromatic rings. The highest BCUT2D eigenvalue weighted by Gasteiger charge is 2.28. The number of nitrogens with zero attached hydrogens (tertiary/aromatic N) is 1. The summed E-state index contributed by atoms with van der Waals surface area (Å²) < 4.78 is 21.8. The maximum absolute atomic E-state index is 13.9. The van der Waals surface area contributed by atoms with Gasteiger partial charge in [-0.15, -0.1) is 0 Å². The number of carbonyl (C=O) groups excluding carboxylic acids is 1. The molecule has 1 amide bonds. The summed E-state index contributed by atoms with van der Waals surface area (Å²) in [5.74, 6) is -0.513. The second-order valence-electron chi connectivity index (χ2n) is 9.46. The number of ether oxygens (including phenoxy) is 1. The zero-order valence-corrected chi connectivity index (χ0v) is 20.9. The van der Waals surface area contributed by atoms with Gasteiger partial charge in [-0.3, -0.25) is 4.79 Å². The molecule has 0 aliphatic carbocycles. The Bertz CT molecular complexity index is 1350. The summed E-state index contributed by atoms with van der Waals surface area (Å²) in [4.78, 5) is 13.8. The fourth-order valence-electron chi connectivity index (χ4n) is 5.17. The first-order valence-electron chi connectivity index (χ1n) is 12.8. The molecule has 1 aromatic heterocycles. The van der Waals surface area contributed by atoms with Crippen LogP contribution in [-0.4, -0.2) is 28.0 Å². The first-order valence-corrected chi connectivity index (χ1v) is 12.8. The molecule has 1 saturated heterocycles. The van der Waals surface area contributed by atoms with Crippen LogP contribution in [0.5, 0.6) is 0 Å². The lowest BCUT2D eigenvalue weighted by Crippen LogP contribution is -2.28. The van der Waals surface area contributed by atoms with Gasteiger partial charge in [0.2, 0.25) is 0 Å². The normalized spacial score (nSPS) is 17.5. The number of anilines is 1. The molecule has 2 heterocycles. The molecule has 2 unspecified atom stereocenters. The Morgan fingerprint density at radius 2 is 1.65 bits per heavy atom. The Morgan fingerprint density at radius 1 is 0.973 bits per heavy atom. The Labute approximate surface area is 216 Å². The molecule has 1 aliphatic heterocycles. The first kappa shape index (κ1) is 24.9. The molecule has 190 valence electrons. The molecule has 0 bridgehead atoms. The number of carbonyl (C=O) groups is 1. The second kappa shape index (κ2) is 11.1. The number of halogens is 1. The van der Waals surface area contributed by atoms with Gasteiger partial charge in [-0.25, -0.2) is 4.39 Å². The molecule has 1 aliphatic rings. The van der Waals surface area contributed by atoms with Crippen LogP contribution in [0.4, 0.5) is 10.1 Å². The van der Waals surface area contributed by atoms with E-state index in [0.29, 0.717) is 30.6 Å². The van der Waals surface area contributed by atoms with Gasteiger partial charge in [0.1, 0.15) is 5.82 Å². The summed E-state index contributed by atoms with van der Waals surface area (Å²) >= 11 is 0. The molecule has 5 nitrogen and oxygen atoms in total. The maximum atomic E-state index is 13.9. The van der Waals surface area contributed by atoms with Crippen LogP contribution < -0.4 is 5.32 Å². The zero-order valence-electron chi connectivity index (χ0n) is 20.9. The average molecular weight is 499 g/mol. The average Bonchev–Trinajstić information content (AvgIpc) is 3.21. The Hall–Kier alpha value is -3.74. The summed E-state index contributed by atoms with van der Waals surface area (Å²) in [5, 5.41) is 13.0. The molecule has 0 saturated carbocycles. The molecule has 1 fully saturated rings. The number of aliphatic hydroxyl groups is 1. The Morgan fingerprint density at radius 3 is 2.32 bits per heavy atom. The van der Waals surface area contributed by atoms with Gasteiger partial charge in [0.15, 0.2) is 6.29 Å². The van der Waals surface area contributed by atoms with Gasteiger partial charge < -0.3 is 19.7 Å². The first-order chi connectivity index (χ1) is 18.0. The predicted molar refractivity (Wildman–Crippen MR) is 144 cm³/mol. The highest BCUT2D eigenvalue weighted by molar-refractivity contribution is 6.12. The lowest BCUT2D eigenvalue weighted by Gasteiger charge is -2.27. The van der Waals surface area contributed by atoms with Crippen LogP contribution in [-0.2, 0) is 11.3 Å². The van der Waals surface area contributed by atoms with Gasteiger partial charge >= 0.3 is 0 Å². The van der Waals surface area contributed by atoms with Crippen LogP contribution in [0.15, 0.2) is 84.9 Å². The van der Waals surface area contributed by atoms with Crippen molar-refractivity contribution in [3.63, 3.8) is 0 Å². The van der Waals surface area contributed by atoms with Crippen molar-refractivity contribution in [1.82, 2.24) is 4.57 Å². The van der Waals surface area contributed by atoms with Gasteiger partial charge in [0, 0.05) is 23.5 Å². The van der Waals surface area contributed by atoms with Crippen LogP contribution in [0.3, 0.4) is 0 Å². The van der Waals surface area contributed by atoms with Gasteiger partial charge in [-0.05, 0) is 80.1 Å². The molecule has 0 radical (unpaired) electrons. The molecule has 6 heteroatoms. The molecule has 37 heavy (non-hydrogen) atoms. The van der Waals surface area contributed by atoms with E-state index in [2.05, 4.69) is 9.88 Å². The standard InChI is InChI=1S/C31H31FN2O3/c1-21-28(31(36)33-25-11-6-3-7-12-25)29(22-9-4-2-5-10-22)30(23-15-17-24(32)18-16-23)34(21)20-19-26-13-8-14-27(35)37-26/h2-7,9-12,15-18,26-27,35H,8,13-14,19-20H2,1H3,(H,33,36). The molecular formula is C31H31FN2O3. The van der Waals surface area contributed by atoms with E-state index in [1.807, 2.05) is 67.6 Å². The molecule has 0 spiro atoms. The Balaban J connectivity index is 1.64. The van der Waals surface area contributed by atoms with Crippen LogP contribution in [0.25, 0.3) is 22.4 Å². The number of nitrogens with one attached hydrogen (secondary N) is 1. The van der Waals surface area contributed by atoms with Gasteiger partial charge in [0.25, 0.3) is 5.91 Å². The Kier molecular flexibility index (Phi) is 7.49. The smallest absolute Gasteiger partial charge is 0.258 e. The predicted octanol–water partition coefficient (Wildman–Crippen LogP) is 6.80. The van der Waals surface area contributed by atoms with Crippen LogP contribution >= 0.6 is 0 Å². The van der Waals surface area contributed by atoms with Crippen molar-refractivity contribution < 1.29 is 19.0 Å². The number of hydrogen-bond acceptors (Lipinski definition) is 3. The van der Waals surface area contributed by atoms with Crippen LogP contribution in [0.1, 0.15) is 41.7 Å². The molecule has 3 aromatic carbocycles. The summed E-state index contributed by atoms with van der Waals surface area (Å²) in [6.45, 7) is 2.55. The van der Waals surface area contributed by atoms with E-state index in [0.717, 1.165) is 40.9 Å². The largest absolute Gasteiger partial charge is 0.368 e. The number of benzene rings is 3. The van der Waals surface area contributed by atoms with E-state index < -0.39 is 6.29 Å². The van der Waals surface area contributed by atoms with Gasteiger partial charge in [0.05, 0.1) is 17.4 Å². The third kappa shape index (κ3) is 5.50. The van der Waals surface area contributed by atoms with E-state index in [1.165, 1.54) is 12.1 Å². The summed E-state index contributed by atoms with van der Waals surface area (Å²) in [5.41, 5.74) is 5.52. The quantitative estimate of drug-likeness (QED) is 0.295. The topological polar surface area (TPSA) is 63.5 Å². The van der Waals surface area contributed by atoms with Crippen LogP contribution in [0.2, 0.25) is 0 Å². The maximum Gasteiger partial charge on any atom is 0.258 e. The highest BCUT2D eigenvalue weighted by atomic mass is 19.1. The van der Waals surface area contributed by atoms with Crippen LogP contribution in [0, 0.1) is 12.7 Å². The van der Waals surface area contributed by atoms with E-state index in [1.54, 1.807) is 12.1 Å². The number of aliphatic hydroxyl groups excluding tert-OH is 1. The van der Waals surface area contributed by atoms with Crippen molar-refractivity contribution in [1.29, 1.82) is 0 Å². The fourth-order valence-corrected chi connectivity index (χ4v) is 5.17. The monoisotopic (exact) mass is 498 g/mol. The van der Waals surface area contributed by atoms with Crippen molar-refractivity contribution in [3.05, 3.63) is 102 Å². The molecular weight excluding hydrogens is 467 g/mol. The van der Waals surface area contributed by atoms with Gasteiger partial charge in [-0.1, -0.05) is 48.5 Å². The summed E-state index contributed by atoms with van der Waals surface area (Å²) in [6.07, 6.45) is 2.36. The second-order valence-corrected chi connectivity index (χ2v) is 9.46. The minimum Gasteiger partial charge on any atom is -0.368 e. The van der Waals surface area contributed by atoms with Crippen molar-refractivity contribution in [2.75, 3.05) is 5.32 Å². The lowest BCUT2D eigenvalue weighted by atomic mass is 9.96. The fraction of sp³-hybridized carbons (Fsp3) is 0.258. The van der Waals surface area contributed by atoms with Crippen molar-refractivity contribution in [2.45, 2.75) is 51.5 Å². The number of hydrogen-bond donors (Lipinski definition) is 2. The number of aromatic nitrogens is 1. The van der Waals surface area contributed by atoms with Crippen molar-refractivity contribution in [3.8, 4) is 22.4 Å². The molecule has 2 N–H and O–H groups in total. The van der Waals surface area contributed by atoms with Crippen molar-refractivity contribution in [2.24, 2.45) is 0 Å². The molecule has 5 rings (SSSR count). The lowest BCUT2D eigenvalue weighted by molar-refractivity contribution is -0.164. The number of para-hydroxylation sites is 1. The third-order valence-corrected chi connectivity index (χ3v) is 6.96. The van der Waals surface area contributed by atoms with E-state index >= 15 is 0 Å². The minimum absolute atomic E-state index is 0.0617. The zero-order chi connectivity index (χ0) is 25.8. The summed E-state index contributed by atoms with van der Waals surface area (Å²) in [6, 6.07) is 25.6. The third-order valence-electron chi connectivity index (χ3n) is 6.96.